The fourth-order valence-corrected chi connectivity index (χ4v) is 3.18. The van der Waals surface area contributed by atoms with Crippen LogP contribution >= 0.6 is 0 Å². The Balaban J connectivity index is 1.83. The molecule has 5 heteroatoms. The number of nitrogens with one attached hydrogen (secondary N) is 1. The summed E-state index contributed by atoms with van der Waals surface area (Å²) in [5, 5.41) is 3.86. The average molecular weight is 326 g/mol. The Morgan fingerprint density at radius 1 is 1.17 bits per heavy atom. The molecule has 1 fully saturated rings. The molecule has 0 aliphatic heterocycles. The molecule has 1 saturated carbocycles. The normalized spacial score (nSPS) is 15.2. The summed E-state index contributed by atoms with van der Waals surface area (Å²) in [6.07, 6.45) is 5.39. The average Bonchev–Trinajstić information content (AvgIpc) is 2.62. The topological polar surface area (TPSA) is 68.3 Å². The van der Waals surface area contributed by atoms with Crippen LogP contribution < -0.4 is 5.32 Å². The number of pyridine rings is 1. The van der Waals surface area contributed by atoms with Gasteiger partial charge in [0.15, 0.2) is 0 Å². The van der Waals surface area contributed by atoms with E-state index in [1.807, 2.05) is 24.3 Å². The minimum absolute atomic E-state index is 0.0802. The van der Waals surface area contributed by atoms with E-state index in [1.54, 1.807) is 13.0 Å². The van der Waals surface area contributed by atoms with Crippen molar-refractivity contribution in [1.29, 1.82) is 0 Å². The summed E-state index contributed by atoms with van der Waals surface area (Å²) in [6.45, 7) is 2.08. The second kappa shape index (κ2) is 7.43. The van der Waals surface area contributed by atoms with E-state index in [-0.39, 0.29) is 17.5 Å². The predicted octanol–water partition coefficient (Wildman–Crippen LogP) is 3.93. The predicted molar refractivity (Wildman–Crippen MR) is 92.9 cm³/mol. The van der Waals surface area contributed by atoms with Crippen molar-refractivity contribution >= 4 is 28.5 Å². The minimum Gasteiger partial charge on any atom is -0.461 e. The third-order valence-corrected chi connectivity index (χ3v) is 4.45. The van der Waals surface area contributed by atoms with E-state index < -0.39 is 5.97 Å². The number of hydrogen-bond acceptors (Lipinski definition) is 4. The van der Waals surface area contributed by atoms with E-state index in [4.69, 9.17) is 4.74 Å². The molecule has 0 saturated heterocycles. The van der Waals surface area contributed by atoms with Gasteiger partial charge in [-0.1, -0.05) is 25.3 Å². The van der Waals surface area contributed by atoms with Crippen LogP contribution in [0.3, 0.4) is 0 Å². The van der Waals surface area contributed by atoms with Crippen LogP contribution in [0.1, 0.15) is 49.5 Å². The number of carbonyl (C=O) groups excluding carboxylic acids is 2. The fourth-order valence-electron chi connectivity index (χ4n) is 3.18. The number of fused-ring (bicyclic) bond motifs is 1. The number of aromatic nitrogens is 1. The Hall–Kier alpha value is -2.43. The van der Waals surface area contributed by atoms with Crippen molar-refractivity contribution in [2.75, 3.05) is 11.9 Å². The zero-order valence-electron chi connectivity index (χ0n) is 13.9. The van der Waals surface area contributed by atoms with Gasteiger partial charge in [0.25, 0.3) is 0 Å². The lowest BCUT2D eigenvalue weighted by atomic mass is 9.88. The number of hydrogen-bond donors (Lipinski definition) is 1. The second-order valence-electron chi connectivity index (χ2n) is 6.11. The number of anilines is 1. The SMILES string of the molecule is CCOC(=O)c1ccc2c(NC(=O)C3CCCCC3)cccc2n1. The number of benzene rings is 1. The maximum atomic E-state index is 12.5. The molecule has 0 radical (unpaired) electrons. The fraction of sp³-hybridized carbons (Fsp3) is 0.421. The molecule has 24 heavy (non-hydrogen) atoms. The molecule has 0 unspecified atom stereocenters. The lowest BCUT2D eigenvalue weighted by molar-refractivity contribution is -0.120. The van der Waals surface area contributed by atoms with Gasteiger partial charge >= 0.3 is 5.97 Å². The minimum atomic E-state index is -0.434. The Morgan fingerprint density at radius 2 is 1.96 bits per heavy atom. The molecule has 1 amide bonds. The first kappa shape index (κ1) is 16.4. The molecule has 5 nitrogen and oxygen atoms in total. The van der Waals surface area contributed by atoms with E-state index in [0.717, 1.165) is 36.8 Å². The first-order valence-corrected chi connectivity index (χ1v) is 8.57. The van der Waals surface area contributed by atoms with Crippen molar-refractivity contribution in [2.24, 2.45) is 5.92 Å². The first-order chi connectivity index (χ1) is 11.7. The number of rotatable bonds is 4. The van der Waals surface area contributed by atoms with Gasteiger partial charge < -0.3 is 10.1 Å². The lowest BCUT2D eigenvalue weighted by Gasteiger charge is -2.21. The van der Waals surface area contributed by atoms with Crippen molar-refractivity contribution < 1.29 is 14.3 Å². The van der Waals surface area contributed by atoms with Crippen molar-refractivity contribution in [3.05, 3.63) is 36.0 Å². The van der Waals surface area contributed by atoms with Gasteiger partial charge in [0.05, 0.1) is 17.8 Å². The van der Waals surface area contributed by atoms with Gasteiger partial charge in [-0.05, 0) is 44.0 Å². The standard InChI is InChI=1S/C19H22N2O3/c1-2-24-19(23)17-12-11-14-15(20-17)9-6-10-16(14)21-18(22)13-7-4-3-5-8-13/h6,9-13H,2-5,7-8H2,1H3,(H,21,22). The molecular formula is C19H22N2O3. The van der Waals surface area contributed by atoms with E-state index in [2.05, 4.69) is 10.3 Å². The Kier molecular flexibility index (Phi) is 5.08. The number of nitrogens with zero attached hydrogens (tertiary/aromatic N) is 1. The van der Waals surface area contributed by atoms with Gasteiger partial charge in [-0.25, -0.2) is 9.78 Å². The number of amides is 1. The van der Waals surface area contributed by atoms with Gasteiger partial charge in [-0.2, -0.15) is 0 Å². The van der Waals surface area contributed by atoms with Crippen LogP contribution in [-0.4, -0.2) is 23.5 Å². The summed E-state index contributed by atoms with van der Waals surface area (Å²) in [5.41, 5.74) is 1.69. The molecular weight excluding hydrogens is 304 g/mol. The summed E-state index contributed by atoms with van der Waals surface area (Å²) in [7, 11) is 0. The number of carbonyl (C=O) groups is 2. The molecule has 1 heterocycles. The van der Waals surface area contributed by atoms with Crippen LogP contribution in [-0.2, 0) is 9.53 Å². The first-order valence-electron chi connectivity index (χ1n) is 8.57. The van der Waals surface area contributed by atoms with Gasteiger partial charge in [-0.15, -0.1) is 0 Å². The summed E-state index contributed by atoms with van der Waals surface area (Å²) in [5.74, 6) is -0.256. The Labute approximate surface area is 141 Å². The van der Waals surface area contributed by atoms with Crippen LogP contribution in [0.5, 0.6) is 0 Å². The van der Waals surface area contributed by atoms with Gasteiger partial charge in [-0.3, -0.25) is 4.79 Å². The molecule has 1 aromatic carbocycles. The van der Waals surface area contributed by atoms with Crippen LogP contribution in [0, 0.1) is 5.92 Å². The van der Waals surface area contributed by atoms with Crippen molar-refractivity contribution in [3.63, 3.8) is 0 Å². The highest BCUT2D eigenvalue weighted by molar-refractivity contribution is 6.02. The molecule has 1 aliphatic carbocycles. The van der Waals surface area contributed by atoms with E-state index in [0.29, 0.717) is 12.1 Å². The summed E-state index contributed by atoms with van der Waals surface area (Å²) < 4.78 is 4.98. The van der Waals surface area contributed by atoms with Crippen LogP contribution in [0.15, 0.2) is 30.3 Å². The molecule has 0 bridgehead atoms. The smallest absolute Gasteiger partial charge is 0.356 e. The maximum absolute atomic E-state index is 12.5. The van der Waals surface area contributed by atoms with Crippen molar-refractivity contribution in [3.8, 4) is 0 Å². The van der Waals surface area contributed by atoms with Crippen molar-refractivity contribution in [2.45, 2.75) is 39.0 Å². The molecule has 0 atom stereocenters. The molecule has 2 aromatic rings. The van der Waals surface area contributed by atoms with Gasteiger partial charge in [0.1, 0.15) is 5.69 Å². The van der Waals surface area contributed by atoms with Gasteiger partial charge in [0, 0.05) is 11.3 Å². The summed E-state index contributed by atoms with van der Waals surface area (Å²) in [4.78, 5) is 28.6. The zero-order valence-corrected chi connectivity index (χ0v) is 13.9. The largest absolute Gasteiger partial charge is 0.461 e. The van der Waals surface area contributed by atoms with Crippen molar-refractivity contribution in [1.82, 2.24) is 4.98 Å². The molecule has 3 rings (SSSR count). The number of ether oxygens (including phenoxy) is 1. The van der Waals surface area contributed by atoms with Crippen LogP contribution in [0.25, 0.3) is 10.9 Å². The second-order valence-corrected chi connectivity index (χ2v) is 6.11. The lowest BCUT2D eigenvalue weighted by Crippen LogP contribution is -2.24. The summed E-state index contributed by atoms with van der Waals surface area (Å²) in [6, 6.07) is 8.98. The van der Waals surface area contributed by atoms with Crippen LogP contribution in [0.2, 0.25) is 0 Å². The quantitative estimate of drug-likeness (QED) is 0.864. The molecule has 0 spiro atoms. The van der Waals surface area contributed by atoms with Crippen LogP contribution in [0.4, 0.5) is 5.69 Å². The number of esters is 1. The highest BCUT2D eigenvalue weighted by Gasteiger charge is 2.21. The molecule has 126 valence electrons. The molecule has 1 aliphatic rings. The van der Waals surface area contributed by atoms with Gasteiger partial charge in [0.2, 0.25) is 5.91 Å². The highest BCUT2D eigenvalue weighted by Crippen LogP contribution is 2.27. The molecule has 1 N–H and O–H groups in total. The maximum Gasteiger partial charge on any atom is 0.356 e. The van der Waals surface area contributed by atoms with E-state index in [9.17, 15) is 9.59 Å². The monoisotopic (exact) mass is 326 g/mol. The van der Waals surface area contributed by atoms with E-state index >= 15 is 0 Å². The zero-order chi connectivity index (χ0) is 16.9. The molecule has 1 aromatic heterocycles. The summed E-state index contributed by atoms with van der Waals surface area (Å²) >= 11 is 0. The third kappa shape index (κ3) is 3.55. The van der Waals surface area contributed by atoms with E-state index in [1.165, 1.54) is 6.42 Å². The Bertz CT molecular complexity index is 751. The highest BCUT2D eigenvalue weighted by atomic mass is 16.5. The third-order valence-electron chi connectivity index (χ3n) is 4.45. The Morgan fingerprint density at radius 3 is 2.71 bits per heavy atom.